The summed E-state index contributed by atoms with van der Waals surface area (Å²) >= 11 is 5.46. The zero-order valence-corrected chi connectivity index (χ0v) is 12.1. The van der Waals surface area contributed by atoms with Crippen molar-refractivity contribution in [1.82, 2.24) is 9.13 Å². The van der Waals surface area contributed by atoms with E-state index in [-0.39, 0.29) is 17.1 Å². The van der Waals surface area contributed by atoms with E-state index >= 15 is 0 Å². The molecule has 1 aromatic carbocycles. The highest BCUT2D eigenvalue weighted by Gasteiger charge is 2.15. The fourth-order valence-corrected chi connectivity index (χ4v) is 2.05. The summed E-state index contributed by atoms with van der Waals surface area (Å²) in [6, 6.07) is 4.66. The molecule has 5 nitrogen and oxygen atoms in total. The molecule has 7 heteroatoms. The minimum absolute atomic E-state index is 0.135. The van der Waals surface area contributed by atoms with Gasteiger partial charge in [0.05, 0.1) is 11.6 Å². The molecular formula is C14H12ClFN2O3. The van der Waals surface area contributed by atoms with E-state index in [0.29, 0.717) is 10.3 Å². The van der Waals surface area contributed by atoms with E-state index in [9.17, 15) is 18.8 Å². The molecule has 0 radical (unpaired) electrons. The quantitative estimate of drug-likeness (QED) is 0.636. The van der Waals surface area contributed by atoms with E-state index in [0.717, 1.165) is 12.1 Å². The van der Waals surface area contributed by atoms with Crippen LogP contribution in [0.4, 0.5) is 4.39 Å². The number of ketones is 1. The lowest BCUT2D eigenvalue weighted by Crippen LogP contribution is -2.38. The number of nitrogens with zero attached hydrogens (tertiary/aromatic N) is 2. The number of aryl methyl sites for hydroxylation is 1. The molecule has 0 aliphatic rings. The van der Waals surface area contributed by atoms with Crippen molar-refractivity contribution in [3.8, 4) is 5.69 Å². The number of hydrogen-bond acceptors (Lipinski definition) is 3. The molecule has 0 aliphatic heterocycles. The van der Waals surface area contributed by atoms with Gasteiger partial charge in [-0.25, -0.2) is 13.8 Å². The summed E-state index contributed by atoms with van der Waals surface area (Å²) in [6.07, 6.45) is 0. The van der Waals surface area contributed by atoms with Crippen molar-refractivity contribution in [2.45, 2.75) is 6.92 Å². The number of hydrogen-bond donors (Lipinski definition) is 0. The van der Waals surface area contributed by atoms with Gasteiger partial charge in [-0.2, -0.15) is 0 Å². The summed E-state index contributed by atoms with van der Waals surface area (Å²) in [4.78, 5) is 35.7. The van der Waals surface area contributed by atoms with Crippen LogP contribution in [0, 0.1) is 12.7 Å². The first kappa shape index (κ1) is 15.2. The molecule has 1 aromatic heterocycles. The predicted octanol–water partition coefficient (Wildman–Crippen LogP) is 1.41. The van der Waals surface area contributed by atoms with Crippen LogP contribution in [0.3, 0.4) is 0 Å². The molecule has 0 amide bonds. The van der Waals surface area contributed by atoms with Gasteiger partial charge < -0.3 is 4.57 Å². The summed E-state index contributed by atoms with van der Waals surface area (Å²) in [5, 5.41) is 0. The normalized spacial score (nSPS) is 10.7. The van der Waals surface area contributed by atoms with Crippen LogP contribution in [0.15, 0.2) is 33.9 Å². The van der Waals surface area contributed by atoms with Gasteiger partial charge in [0.25, 0.3) is 5.56 Å². The average molecular weight is 311 g/mol. The smallest absolute Gasteiger partial charge is 0.301 e. The Balaban J connectivity index is 2.79. The lowest BCUT2D eigenvalue weighted by Gasteiger charge is -2.11. The molecule has 21 heavy (non-hydrogen) atoms. The maximum atomic E-state index is 14.0. The molecule has 0 bridgehead atoms. The van der Waals surface area contributed by atoms with Crippen LogP contribution in [-0.4, -0.2) is 20.8 Å². The first-order valence-electron chi connectivity index (χ1n) is 6.05. The van der Waals surface area contributed by atoms with E-state index in [1.807, 2.05) is 0 Å². The highest BCUT2D eigenvalue weighted by Crippen LogP contribution is 2.14. The summed E-state index contributed by atoms with van der Waals surface area (Å²) in [5.74, 6) is -1.47. The molecular weight excluding hydrogens is 299 g/mol. The number of aromatic nitrogens is 2. The van der Waals surface area contributed by atoms with Gasteiger partial charge in [0.1, 0.15) is 5.82 Å². The van der Waals surface area contributed by atoms with E-state index in [1.165, 1.54) is 23.7 Å². The lowest BCUT2D eigenvalue weighted by atomic mass is 10.1. The molecule has 0 N–H and O–H groups in total. The molecule has 2 aromatic rings. The Morgan fingerprint density at radius 1 is 1.29 bits per heavy atom. The Bertz CT molecular complexity index is 839. The predicted molar refractivity (Wildman–Crippen MR) is 77.0 cm³/mol. The largest absolute Gasteiger partial charge is 0.335 e. The Morgan fingerprint density at radius 2 is 1.95 bits per heavy atom. The molecule has 0 saturated carbocycles. The lowest BCUT2D eigenvalue weighted by molar-refractivity contribution is 0.102. The summed E-state index contributed by atoms with van der Waals surface area (Å²) in [5.41, 5.74) is -1.03. The SMILES string of the molecule is Cc1cc(=O)n(-c2cc(C(=O)CCl)ccc2F)c(=O)n1C. The summed E-state index contributed by atoms with van der Waals surface area (Å²) in [6.45, 7) is 1.59. The van der Waals surface area contributed by atoms with Gasteiger partial charge in [0.2, 0.25) is 0 Å². The number of carbonyl (C=O) groups excluding carboxylic acids is 1. The minimum Gasteiger partial charge on any atom is -0.301 e. The number of alkyl halides is 1. The summed E-state index contributed by atoms with van der Waals surface area (Å²) < 4.78 is 15.9. The van der Waals surface area contributed by atoms with Gasteiger partial charge in [-0.15, -0.1) is 11.6 Å². The molecule has 0 fully saturated rings. The highest BCUT2D eigenvalue weighted by molar-refractivity contribution is 6.30. The molecule has 0 aliphatic carbocycles. The van der Waals surface area contributed by atoms with Crippen LogP contribution in [-0.2, 0) is 7.05 Å². The third kappa shape index (κ3) is 2.67. The van der Waals surface area contributed by atoms with Crippen molar-refractivity contribution in [2.24, 2.45) is 7.05 Å². The third-order valence-corrected chi connectivity index (χ3v) is 3.43. The van der Waals surface area contributed by atoms with Crippen LogP contribution in [0.1, 0.15) is 16.1 Å². The molecule has 0 spiro atoms. The van der Waals surface area contributed by atoms with Gasteiger partial charge in [0.15, 0.2) is 5.78 Å². The zero-order valence-electron chi connectivity index (χ0n) is 11.4. The number of benzene rings is 1. The molecule has 1 heterocycles. The molecule has 0 atom stereocenters. The Kier molecular flexibility index (Phi) is 4.09. The van der Waals surface area contributed by atoms with Gasteiger partial charge in [0, 0.05) is 24.4 Å². The summed E-state index contributed by atoms with van der Waals surface area (Å²) in [7, 11) is 1.47. The highest BCUT2D eigenvalue weighted by atomic mass is 35.5. The molecule has 110 valence electrons. The van der Waals surface area contributed by atoms with Gasteiger partial charge >= 0.3 is 5.69 Å². The zero-order chi connectivity index (χ0) is 15.7. The Morgan fingerprint density at radius 3 is 2.57 bits per heavy atom. The van der Waals surface area contributed by atoms with E-state index in [4.69, 9.17) is 11.6 Å². The van der Waals surface area contributed by atoms with Crippen LogP contribution < -0.4 is 11.2 Å². The number of Topliss-reactive ketones (excluding diaryl/α,β-unsaturated/α-hetero) is 1. The van der Waals surface area contributed by atoms with Gasteiger partial charge in [-0.1, -0.05) is 0 Å². The van der Waals surface area contributed by atoms with Crippen LogP contribution >= 0.6 is 11.6 Å². The maximum absolute atomic E-state index is 14.0. The Hall–Kier alpha value is -2.21. The fraction of sp³-hybridized carbons (Fsp3) is 0.214. The van der Waals surface area contributed by atoms with Crippen molar-refractivity contribution < 1.29 is 9.18 Å². The van der Waals surface area contributed by atoms with Crippen molar-refractivity contribution in [1.29, 1.82) is 0 Å². The van der Waals surface area contributed by atoms with Crippen molar-refractivity contribution in [3.63, 3.8) is 0 Å². The Labute approximate surface area is 124 Å². The van der Waals surface area contributed by atoms with Gasteiger partial charge in [-0.05, 0) is 25.1 Å². The van der Waals surface area contributed by atoms with Crippen molar-refractivity contribution >= 4 is 17.4 Å². The third-order valence-electron chi connectivity index (χ3n) is 3.19. The second-order valence-corrected chi connectivity index (χ2v) is 4.79. The molecule has 0 unspecified atom stereocenters. The number of carbonyl (C=O) groups is 1. The first-order chi connectivity index (χ1) is 9.86. The first-order valence-corrected chi connectivity index (χ1v) is 6.59. The fourth-order valence-electron chi connectivity index (χ4n) is 1.89. The van der Waals surface area contributed by atoms with Crippen LogP contribution in [0.2, 0.25) is 0 Å². The van der Waals surface area contributed by atoms with E-state index in [2.05, 4.69) is 0 Å². The van der Waals surface area contributed by atoms with Crippen molar-refractivity contribution in [2.75, 3.05) is 5.88 Å². The molecule has 2 rings (SSSR count). The standard InChI is InChI=1S/C14H12ClFN2O3/c1-8-5-13(20)18(14(21)17(8)2)11-6-9(12(19)7-15)3-4-10(11)16/h3-6H,7H2,1-2H3. The van der Waals surface area contributed by atoms with E-state index < -0.39 is 22.8 Å². The topological polar surface area (TPSA) is 61.1 Å². The number of rotatable bonds is 3. The van der Waals surface area contributed by atoms with E-state index in [1.54, 1.807) is 6.92 Å². The van der Waals surface area contributed by atoms with Crippen molar-refractivity contribution in [3.05, 3.63) is 62.2 Å². The monoisotopic (exact) mass is 310 g/mol. The molecule has 0 saturated heterocycles. The average Bonchev–Trinajstić information content (AvgIpc) is 2.46. The second kappa shape index (κ2) is 5.65. The van der Waals surface area contributed by atoms with Gasteiger partial charge in [-0.3, -0.25) is 9.59 Å². The number of halogens is 2. The van der Waals surface area contributed by atoms with Crippen LogP contribution in [0.25, 0.3) is 5.69 Å². The maximum Gasteiger partial charge on any atom is 0.335 e. The van der Waals surface area contributed by atoms with Crippen LogP contribution in [0.5, 0.6) is 0 Å². The second-order valence-electron chi connectivity index (χ2n) is 4.52. The minimum atomic E-state index is -0.774.